The Morgan fingerprint density at radius 1 is 1.44 bits per heavy atom. The molecule has 174 valence electrons. The van der Waals surface area contributed by atoms with Gasteiger partial charge in [-0.1, -0.05) is 6.92 Å². The molecular formula is C20H24F4N6OS. The first-order valence-corrected chi connectivity index (χ1v) is 11.4. The quantitative estimate of drug-likeness (QED) is 0.405. The highest BCUT2D eigenvalue weighted by Crippen LogP contribution is 2.39. The Labute approximate surface area is 185 Å². The number of H-pyrrole nitrogens is 1. The van der Waals surface area contributed by atoms with Gasteiger partial charge in [0, 0.05) is 43.7 Å². The van der Waals surface area contributed by atoms with Crippen LogP contribution in [0.25, 0.3) is 17.5 Å². The Bertz CT molecular complexity index is 1010. The number of alkyl halides is 4. The van der Waals surface area contributed by atoms with Crippen LogP contribution in [0.1, 0.15) is 12.7 Å². The third-order valence-electron chi connectivity index (χ3n) is 5.31. The van der Waals surface area contributed by atoms with Crippen LogP contribution in [-0.4, -0.2) is 63.1 Å². The third kappa shape index (κ3) is 5.60. The zero-order chi connectivity index (χ0) is 23.5. The van der Waals surface area contributed by atoms with Crippen LogP contribution in [0.5, 0.6) is 0 Å². The Morgan fingerprint density at radius 3 is 2.88 bits per heavy atom. The summed E-state index contributed by atoms with van der Waals surface area (Å²) >= 11 is 0. The average Bonchev–Trinajstić information content (AvgIpc) is 3.22. The Balaban J connectivity index is 1.78. The number of aromatic amines is 1. The lowest BCUT2D eigenvalue weighted by molar-refractivity contribution is -0.108. The predicted octanol–water partition coefficient (Wildman–Crippen LogP) is 3.36. The molecule has 12 heteroatoms. The van der Waals surface area contributed by atoms with Gasteiger partial charge < -0.3 is 9.88 Å². The van der Waals surface area contributed by atoms with Crippen molar-refractivity contribution in [3.63, 3.8) is 0 Å². The third-order valence-corrected chi connectivity index (χ3v) is 5.88. The highest BCUT2D eigenvalue weighted by atomic mass is 32.2. The van der Waals surface area contributed by atoms with E-state index in [0.717, 1.165) is 6.08 Å². The van der Waals surface area contributed by atoms with Crippen molar-refractivity contribution >= 4 is 28.5 Å². The van der Waals surface area contributed by atoms with Crippen LogP contribution >= 0.6 is 0 Å². The summed E-state index contributed by atoms with van der Waals surface area (Å²) in [7, 11) is -1.38. The molecule has 1 saturated heterocycles. The minimum absolute atomic E-state index is 0.0707. The summed E-state index contributed by atoms with van der Waals surface area (Å²) in [6, 6.07) is 3.46. The minimum atomic E-state index is -2.89. The van der Waals surface area contributed by atoms with Gasteiger partial charge in [0.2, 0.25) is 0 Å². The smallest absolute Gasteiger partial charge is 0.279 e. The summed E-state index contributed by atoms with van der Waals surface area (Å²) in [6.07, 6.45) is 3.80. The molecule has 0 amide bonds. The van der Waals surface area contributed by atoms with Crippen LogP contribution in [-0.2, 0) is 11.0 Å². The second kappa shape index (κ2) is 9.90. The first-order chi connectivity index (χ1) is 15.1. The second-order valence-electron chi connectivity index (χ2n) is 7.65. The van der Waals surface area contributed by atoms with Gasteiger partial charge in [-0.05, 0) is 24.3 Å². The van der Waals surface area contributed by atoms with E-state index in [2.05, 4.69) is 19.7 Å². The van der Waals surface area contributed by atoms with Crippen LogP contribution in [0, 0.1) is 17.2 Å². The Hall–Kier alpha value is -2.60. The standard InChI is InChI=1S/C20H24F4N6OS/c1-12-10-30(11-13(20(12,23)24)8-28-32(2)31)14-5-6-26-16(7-14)17-9-27-18(29-17)4-3-15(25)19(21)22/h3-7,9,12-13,19,25,28H,8,10-11H2,1-2H3,(H,27,29)/b4-3-,25-15?. The van der Waals surface area contributed by atoms with Crippen molar-refractivity contribution < 1.29 is 21.8 Å². The lowest BCUT2D eigenvalue weighted by Gasteiger charge is -2.43. The van der Waals surface area contributed by atoms with Crippen molar-refractivity contribution in [3.8, 4) is 11.4 Å². The number of hydrogen-bond donors (Lipinski definition) is 3. The zero-order valence-electron chi connectivity index (χ0n) is 17.5. The van der Waals surface area contributed by atoms with Gasteiger partial charge in [0.1, 0.15) is 5.82 Å². The molecule has 7 nitrogen and oxygen atoms in total. The number of aromatic nitrogens is 3. The molecular weight excluding hydrogens is 448 g/mol. The normalized spacial score (nSPS) is 21.9. The van der Waals surface area contributed by atoms with Gasteiger partial charge in [0.05, 0.1) is 40.2 Å². The van der Waals surface area contributed by atoms with Gasteiger partial charge in [-0.2, -0.15) is 0 Å². The molecule has 3 atom stereocenters. The predicted molar refractivity (Wildman–Crippen MR) is 116 cm³/mol. The fourth-order valence-electron chi connectivity index (χ4n) is 3.50. The Kier molecular flexibility index (Phi) is 7.44. The van der Waals surface area contributed by atoms with Gasteiger partial charge in [-0.3, -0.25) is 10.4 Å². The number of anilines is 1. The van der Waals surface area contributed by atoms with Crippen molar-refractivity contribution in [1.82, 2.24) is 19.7 Å². The summed E-state index contributed by atoms with van der Waals surface area (Å²) in [5, 5.41) is 7.15. The van der Waals surface area contributed by atoms with E-state index in [1.807, 2.05) is 4.90 Å². The number of halogens is 4. The molecule has 1 aliphatic rings. The van der Waals surface area contributed by atoms with Crippen LogP contribution < -0.4 is 9.62 Å². The van der Waals surface area contributed by atoms with Crippen LogP contribution in [0.4, 0.5) is 23.2 Å². The number of allylic oxidation sites excluding steroid dienone is 1. The van der Waals surface area contributed by atoms with Crippen molar-refractivity contribution in [2.45, 2.75) is 19.3 Å². The first kappa shape index (κ1) is 24.1. The van der Waals surface area contributed by atoms with Crippen LogP contribution in [0.2, 0.25) is 0 Å². The number of piperidine rings is 1. The molecule has 3 N–H and O–H groups in total. The van der Waals surface area contributed by atoms with E-state index in [0.29, 0.717) is 17.1 Å². The lowest BCUT2D eigenvalue weighted by Crippen LogP contribution is -2.55. The van der Waals surface area contributed by atoms with Crippen LogP contribution in [0.15, 0.2) is 30.6 Å². The largest absolute Gasteiger partial charge is 0.370 e. The van der Waals surface area contributed by atoms with Gasteiger partial charge in [0.25, 0.3) is 12.3 Å². The highest BCUT2D eigenvalue weighted by Gasteiger charge is 2.49. The van der Waals surface area contributed by atoms with Gasteiger partial charge >= 0.3 is 0 Å². The molecule has 3 unspecified atom stereocenters. The molecule has 0 radical (unpaired) electrons. The van der Waals surface area contributed by atoms with Gasteiger partial charge in [-0.25, -0.2) is 31.5 Å². The molecule has 3 heterocycles. The highest BCUT2D eigenvalue weighted by molar-refractivity contribution is 7.82. The van der Waals surface area contributed by atoms with Gasteiger partial charge in [0.15, 0.2) is 0 Å². The van der Waals surface area contributed by atoms with E-state index < -0.39 is 40.9 Å². The molecule has 32 heavy (non-hydrogen) atoms. The van der Waals surface area contributed by atoms with Gasteiger partial charge in [-0.15, -0.1) is 0 Å². The molecule has 2 aromatic rings. The summed E-state index contributed by atoms with van der Waals surface area (Å²) in [5.41, 5.74) is 0.902. The summed E-state index contributed by atoms with van der Waals surface area (Å²) in [4.78, 5) is 13.1. The van der Waals surface area contributed by atoms with Crippen molar-refractivity contribution in [2.75, 3.05) is 30.8 Å². The molecule has 0 saturated carbocycles. The van der Waals surface area contributed by atoms with Crippen molar-refractivity contribution in [1.29, 1.82) is 5.41 Å². The molecule has 3 rings (SSSR count). The molecule has 0 aromatic carbocycles. The van der Waals surface area contributed by atoms with E-state index in [1.165, 1.54) is 25.5 Å². The minimum Gasteiger partial charge on any atom is -0.370 e. The maximum absolute atomic E-state index is 14.7. The molecule has 0 spiro atoms. The van der Waals surface area contributed by atoms with E-state index in [9.17, 15) is 21.8 Å². The number of pyridine rings is 1. The first-order valence-electron chi connectivity index (χ1n) is 9.83. The maximum atomic E-state index is 14.7. The molecule has 1 aliphatic heterocycles. The summed E-state index contributed by atoms with van der Waals surface area (Å²) < 4.78 is 68.1. The number of nitrogens with zero attached hydrogens (tertiary/aromatic N) is 3. The zero-order valence-corrected chi connectivity index (χ0v) is 18.3. The summed E-state index contributed by atoms with van der Waals surface area (Å²) in [6.45, 7) is 1.65. The van der Waals surface area contributed by atoms with Crippen molar-refractivity contribution in [2.24, 2.45) is 11.8 Å². The molecule has 0 bridgehead atoms. The number of imidazole rings is 1. The van der Waals surface area contributed by atoms with Crippen molar-refractivity contribution in [3.05, 3.63) is 36.4 Å². The fraction of sp³-hybridized carbons (Fsp3) is 0.450. The molecule has 2 aromatic heterocycles. The molecule has 0 aliphatic carbocycles. The monoisotopic (exact) mass is 472 g/mol. The van der Waals surface area contributed by atoms with E-state index >= 15 is 0 Å². The second-order valence-corrected chi connectivity index (χ2v) is 8.85. The average molecular weight is 473 g/mol. The van der Waals surface area contributed by atoms with Crippen LogP contribution in [0.3, 0.4) is 0 Å². The number of nitrogens with one attached hydrogen (secondary N) is 3. The summed E-state index contributed by atoms with van der Waals surface area (Å²) in [5.74, 6) is -4.53. The topological polar surface area (TPSA) is 97.8 Å². The molecule has 1 fully saturated rings. The number of rotatable bonds is 8. The Morgan fingerprint density at radius 2 is 2.19 bits per heavy atom. The SMILES string of the molecule is CC1CN(c2ccnc(-c3cnc(/C=C\C(=N)C(F)F)[nH]3)c2)CC(CNS(C)=O)C1(F)F. The maximum Gasteiger partial charge on any atom is 0.279 e. The lowest BCUT2D eigenvalue weighted by atomic mass is 9.85. The van der Waals surface area contributed by atoms with E-state index in [-0.39, 0.29) is 25.5 Å². The van der Waals surface area contributed by atoms with E-state index in [4.69, 9.17) is 5.41 Å². The fourth-order valence-corrected chi connectivity index (χ4v) is 3.94. The number of hydrogen-bond acceptors (Lipinski definition) is 5. The van der Waals surface area contributed by atoms with E-state index in [1.54, 1.807) is 18.3 Å².